The molecular formula is C26H24N4O7. The molecule has 11 nitrogen and oxygen atoms in total. The number of ether oxygens (including phenoxy) is 3. The van der Waals surface area contributed by atoms with Crippen molar-refractivity contribution in [3.05, 3.63) is 99.2 Å². The molecule has 3 rings (SSSR count). The summed E-state index contributed by atoms with van der Waals surface area (Å²) in [6.45, 7) is 0. The smallest absolute Gasteiger partial charge is 0.287 e. The summed E-state index contributed by atoms with van der Waals surface area (Å²) >= 11 is 0. The average molecular weight is 504 g/mol. The minimum absolute atomic E-state index is 0.107. The summed E-state index contributed by atoms with van der Waals surface area (Å²) in [5.74, 6) is 0.0740. The van der Waals surface area contributed by atoms with Crippen LogP contribution in [0.2, 0.25) is 0 Å². The summed E-state index contributed by atoms with van der Waals surface area (Å²) in [5, 5.41) is 17.5. The van der Waals surface area contributed by atoms with Crippen molar-refractivity contribution in [2.75, 3.05) is 21.3 Å². The van der Waals surface area contributed by atoms with Crippen LogP contribution in [0.3, 0.4) is 0 Å². The van der Waals surface area contributed by atoms with E-state index in [9.17, 15) is 19.7 Å². The zero-order chi connectivity index (χ0) is 26.8. The van der Waals surface area contributed by atoms with Crippen molar-refractivity contribution in [3.63, 3.8) is 0 Å². The van der Waals surface area contributed by atoms with Gasteiger partial charge >= 0.3 is 0 Å². The number of carbonyl (C=O) groups is 2. The van der Waals surface area contributed by atoms with Crippen LogP contribution in [0.25, 0.3) is 6.08 Å². The van der Waals surface area contributed by atoms with E-state index in [1.54, 1.807) is 42.5 Å². The number of hydrogen-bond donors (Lipinski definition) is 2. The molecule has 0 aliphatic rings. The SMILES string of the molecule is COc1cc(OC)c(OC)cc1C=NNC(=O)C(=Cc1ccc([N+](=O)[O-])cc1)NC(=O)c1ccccc1. The van der Waals surface area contributed by atoms with Crippen molar-refractivity contribution < 1.29 is 28.7 Å². The lowest BCUT2D eigenvalue weighted by atomic mass is 10.1. The highest BCUT2D eigenvalue weighted by molar-refractivity contribution is 6.05. The Kier molecular flexibility index (Phi) is 8.92. The van der Waals surface area contributed by atoms with Crippen LogP contribution < -0.4 is 25.0 Å². The van der Waals surface area contributed by atoms with E-state index >= 15 is 0 Å². The topological polar surface area (TPSA) is 141 Å². The van der Waals surface area contributed by atoms with Gasteiger partial charge in [0, 0.05) is 29.3 Å². The molecule has 2 amide bonds. The van der Waals surface area contributed by atoms with Crippen molar-refractivity contribution in [1.29, 1.82) is 0 Å². The van der Waals surface area contributed by atoms with Gasteiger partial charge in [-0.1, -0.05) is 18.2 Å². The fraction of sp³-hybridized carbons (Fsp3) is 0.115. The molecule has 3 aromatic rings. The Hall–Kier alpha value is -5.19. The second-order valence-corrected chi connectivity index (χ2v) is 7.38. The third-order valence-electron chi connectivity index (χ3n) is 5.05. The highest BCUT2D eigenvalue weighted by atomic mass is 16.6. The molecule has 0 aromatic heterocycles. The summed E-state index contributed by atoms with van der Waals surface area (Å²) in [7, 11) is 4.45. The highest BCUT2D eigenvalue weighted by Crippen LogP contribution is 2.33. The lowest BCUT2D eigenvalue weighted by Gasteiger charge is -2.12. The number of hydrogen-bond acceptors (Lipinski definition) is 8. The van der Waals surface area contributed by atoms with E-state index in [2.05, 4.69) is 15.8 Å². The Labute approximate surface area is 212 Å². The van der Waals surface area contributed by atoms with Crippen LogP contribution in [-0.4, -0.2) is 44.3 Å². The molecular weight excluding hydrogens is 480 g/mol. The zero-order valence-corrected chi connectivity index (χ0v) is 20.3. The molecule has 0 heterocycles. The maximum absolute atomic E-state index is 13.0. The van der Waals surface area contributed by atoms with Crippen molar-refractivity contribution in [2.45, 2.75) is 0 Å². The van der Waals surface area contributed by atoms with Gasteiger partial charge in [0.25, 0.3) is 17.5 Å². The van der Waals surface area contributed by atoms with Crippen LogP contribution in [0.4, 0.5) is 5.69 Å². The number of carbonyl (C=O) groups excluding carboxylic acids is 2. The van der Waals surface area contributed by atoms with Crippen molar-refractivity contribution >= 4 is 29.8 Å². The van der Waals surface area contributed by atoms with E-state index in [0.29, 0.717) is 33.9 Å². The third-order valence-corrected chi connectivity index (χ3v) is 5.05. The fourth-order valence-corrected chi connectivity index (χ4v) is 3.18. The number of benzene rings is 3. The Balaban J connectivity index is 1.87. The number of nitrogens with zero attached hydrogens (tertiary/aromatic N) is 2. The first-order chi connectivity index (χ1) is 17.9. The van der Waals surface area contributed by atoms with E-state index in [1.807, 2.05) is 0 Å². The van der Waals surface area contributed by atoms with Gasteiger partial charge in [0.15, 0.2) is 11.5 Å². The maximum atomic E-state index is 13.0. The van der Waals surface area contributed by atoms with Crippen LogP contribution in [-0.2, 0) is 4.79 Å². The van der Waals surface area contributed by atoms with E-state index in [0.717, 1.165) is 0 Å². The van der Waals surface area contributed by atoms with Crippen molar-refractivity contribution in [3.8, 4) is 17.2 Å². The molecule has 0 saturated heterocycles. The van der Waals surface area contributed by atoms with E-state index < -0.39 is 16.7 Å². The maximum Gasteiger partial charge on any atom is 0.287 e. The molecule has 0 fully saturated rings. The molecule has 0 aliphatic carbocycles. The van der Waals surface area contributed by atoms with Gasteiger partial charge in [-0.25, -0.2) is 5.43 Å². The van der Waals surface area contributed by atoms with E-state index in [4.69, 9.17) is 14.2 Å². The predicted molar refractivity (Wildman–Crippen MR) is 137 cm³/mol. The summed E-state index contributed by atoms with van der Waals surface area (Å²) in [6, 6.07) is 17.1. The van der Waals surface area contributed by atoms with E-state index in [-0.39, 0.29) is 11.4 Å². The predicted octanol–water partition coefficient (Wildman–Crippen LogP) is 3.54. The minimum Gasteiger partial charge on any atom is -0.496 e. The number of amides is 2. The standard InChI is InChI=1S/C26H24N4O7/c1-35-22-15-24(37-3)23(36-2)14-19(22)16-27-29-26(32)21(28-25(31)18-7-5-4-6-8-18)13-17-9-11-20(12-10-17)30(33)34/h4-16H,1-3H3,(H,28,31)(H,29,32). The zero-order valence-electron chi connectivity index (χ0n) is 20.3. The first kappa shape index (κ1) is 26.4. The van der Waals surface area contributed by atoms with Crippen LogP contribution in [0.5, 0.6) is 17.2 Å². The van der Waals surface area contributed by atoms with Crippen LogP contribution in [0.15, 0.2) is 77.5 Å². The summed E-state index contributed by atoms with van der Waals surface area (Å²) in [4.78, 5) is 36.1. The second-order valence-electron chi connectivity index (χ2n) is 7.38. The fourth-order valence-electron chi connectivity index (χ4n) is 3.18. The monoisotopic (exact) mass is 504 g/mol. The molecule has 37 heavy (non-hydrogen) atoms. The molecule has 0 unspecified atom stereocenters. The van der Waals surface area contributed by atoms with Crippen LogP contribution in [0.1, 0.15) is 21.5 Å². The first-order valence-corrected chi connectivity index (χ1v) is 10.8. The molecule has 0 radical (unpaired) electrons. The Morgan fingerprint density at radius 2 is 1.51 bits per heavy atom. The highest BCUT2D eigenvalue weighted by Gasteiger charge is 2.15. The molecule has 0 saturated carbocycles. The first-order valence-electron chi connectivity index (χ1n) is 10.8. The van der Waals surface area contributed by atoms with Crippen molar-refractivity contribution in [2.24, 2.45) is 5.10 Å². The van der Waals surface area contributed by atoms with Gasteiger partial charge in [-0.05, 0) is 42.0 Å². The Morgan fingerprint density at radius 3 is 2.11 bits per heavy atom. The number of methoxy groups -OCH3 is 3. The summed E-state index contributed by atoms with van der Waals surface area (Å²) in [6.07, 6.45) is 2.73. The Morgan fingerprint density at radius 1 is 0.892 bits per heavy atom. The third kappa shape index (κ3) is 6.92. The number of nitro benzene ring substituents is 1. The number of hydrazone groups is 1. The van der Waals surface area contributed by atoms with Gasteiger partial charge in [0.2, 0.25) is 0 Å². The quantitative estimate of drug-likeness (QED) is 0.186. The largest absolute Gasteiger partial charge is 0.496 e. The van der Waals surface area contributed by atoms with Crippen LogP contribution >= 0.6 is 0 Å². The molecule has 3 aromatic carbocycles. The molecule has 190 valence electrons. The Bertz CT molecular complexity index is 1340. The minimum atomic E-state index is -0.724. The molecule has 0 spiro atoms. The number of rotatable bonds is 10. The van der Waals surface area contributed by atoms with E-state index in [1.165, 1.54) is 57.9 Å². The van der Waals surface area contributed by atoms with Gasteiger partial charge in [0.05, 0.1) is 32.5 Å². The number of nitro groups is 1. The van der Waals surface area contributed by atoms with Gasteiger partial charge in [-0.15, -0.1) is 0 Å². The van der Waals surface area contributed by atoms with Gasteiger partial charge in [0.1, 0.15) is 11.4 Å². The molecule has 0 aliphatic heterocycles. The molecule has 11 heteroatoms. The van der Waals surface area contributed by atoms with Crippen molar-refractivity contribution in [1.82, 2.24) is 10.7 Å². The molecule has 0 atom stereocenters. The molecule has 2 N–H and O–H groups in total. The number of nitrogens with one attached hydrogen (secondary N) is 2. The van der Waals surface area contributed by atoms with Crippen LogP contribution in [0, 0.1) is 10.1 Å². The lowest BCUT2D eigenvalue weighted by Crippen LogP contribution is -2.32. The lowest BCUT2D eigenvalue weighted by molar-refractivity contribution is -0.384. The summed E-state index contributed by atoms with van der Waals surface area (Å²) in [5.41, 5.74) is 3.42. The molecule has 0 bridgehead atoms. The average Bonchev–Trinajstić information content (AvgIpc) is 2.92. The van der Waals surface area contributed by atoms with Gasteiger partial charge < -0.3 is 19.5 Å². The second kappa shape index (κ2) is 12.5. The van der Waals surface area contributed by atoms with Gasteiger partial charge in [-0.2, -0.15) is 5.10 Å². The van der Waals surface area contributed by atoms with Gasteiger partial charge in [-0.3, -0.25) is 19.7 Å². The summed E-state index contributed by atoms with van der Waals surface area (Å²) < 4.78 is 15.9. The normalized spacial score (nSPS) is 11.1. The number of non-ortho nitro benzene ring substituents is 1.